The number of carbonyl (C=O) groups is 1. The molecule has 0 aromatic heterocycles. The largest absolute Gasteiger partial charge is 0.393 e. The van der Waals surface area contributed by atoms with E-state index in [2.05, 4.69) is 0 Å². The van der Waals surface area contributed by atoms with Crippen LogP contribution < -0.4 is 10.6 Å². The van der Waals surface area contributed by atoms with Gasteiger partial charge in [0, 0.05) is 12.7 Å². The minimum absolute atomic E-state index is 0.0913. The molecule has 0 saturated carbocycles. The van der Waals surface area contributed by atoms with E-state index < -0.39 is 0 Å². The second-order valence-electron chi connectivity index (χ2n) is 3.43. The monoisotopic (exact) mass is 222 g/mol. The Morgan fingerprint density at radius 2 is 1.93 bits per heavy atom. The summed E-state index contributed by atoms with van der Waals surface area (Å²) < 4.78 is 0. The molecule has 0 radical (unpaired) electrons. The molecule has 0 saturated heterocycles. The third kappa shape index (κ3) is 3.32. The average Bonchev–Trinajstić information content (AvgIpc) is 2.17. The quantitative estimate of drug-likeness (QED) is 0.791. The number of carbonyl (C=O) groups excluding carboxylic acids is 1. The summed E-state index contributed by atoms with van der Waals surface area (Å²) in [5, 5.41) is 0. The van der Waals surface area contributed by atoms with Crippen LogP contribution in [0.25, 0.3) is 0 Å². The SMILES string of the molecule is Cc1ccc(N(C)C(=O)CC(N)=S)cc1. The summed E-state index contributed by atoms with van der Waals surface area (Å²) in [6, 6.07) is 7.71. The molecule has 1 amide bonds. The minimum Gasteiger partial charge on any atom is -0.393 e. The van der Waals surface area contributed by atoms with E-state index >= 15 is 0 Å². The highest BCUT2D eigenvalue weighted by atomic mass is 32.1. The van der Waals surface area contributed by atoms with Gasteiger partial charge in [0.05, 0.1) is 11.4 Å². The summed E-state index contributed by atoms with van der Waals surface area (Å²) in [6.45, 7) is 2.00. The molecular formula is C11H14N2OS. The Labute approximate surface area is 94.9 Å². The van der Waals surface area contributed by atoms with E-state index in [0.717, 1.165) is 11.3 Å². The Kier molecular flexibility index (Phi) is 3.80. The van der Waals surface area contributed by atoms with Crippen molar-refractivity contribution >= 4 is 28.8 Å². The third-order valence-corrected chi connectivity index (χ3v) is 2.27. The molecule has 0 aliphatic rings. The molecule has 0 heterocycles. The van der Waals surface area contributed by atoms with Crippen LogP contribution in [0.5, 0.6) is 0 Å². The maximum Gasteiger partial charge on any atom is 0.233 e. The van der Waals surface area contributed by atoms with Gasteiger partial charge >= 0.3 is 0 Å². The number of thiocarbonyl (C=S) groups is 1. The summed E-state index contributed by atoms with van der Waals surface area (Å²) in [5.74, 6) is -0.0913. The number of amides is 1. The number of hydrogen-bond donors (Lipinski definition) is 1. The van der Waals surface area contributed by atoms with Crippen LogP contribution in [0.4, 0.5) is 5.69 Å². The Morgan fingerprint density at radius 3 is 2.40 bits per heavy atom. The molecular weight excluding hydrogens is 208 g/mol. The summed E-state index contributed by atoms with van der Waals surface area (Å²) in [5.41, 5.74) is 7.33. The molecule has 0 unspecified atom stereocenters. The van der Waals surface area contributed by atoms with Gasteiger partial charge in [0.15, 0.2) is 0 Å². The van der Waals surface area contributed by atoms with Gasteiger partial charge in [-0.3, -0.25) is 4.79 Å². The Bertz CT molecular complexity index is 373. The van der Waals surface area contributed by atoms with Gasteiger partial charge in [-0.25, -0.2) is 0 Å². The molecule has 3 nitrogen and oxygen atoms in total. The van der Waals surface area contributed by atoms with E-state index in [1.165, 1.54) is 0 Å². The maximum absolute atomic E-state index is 11.6. The van der Waals surface area contributed by atoms with Gasteiger partial charge in [0.25, 0.3) is 0 Å². The van der Waals surface area contributed by atoms with Crippen LogP contribution in [0.2, 0.25) is 0 Å². The van der Waals surface area contributed by atoms with Gasteiger partial charge in [-0.1, -0.05) is 29.9 Å². The van der Waals surface area contributed by atoms with Crippen molar-refractivity contribution in [1.82, 2.24) is 0 Å². The first-order valence-electron chi connectivity index (χ1n) is 4.62. The molecule has 80 valence electrons. The van der Waals surface area contributed by atoms with Gasteiger partial charge in [-0.2, -0.15) is 0 Å². The number of nitrogens with two attached hydrogens (primary N) is 1. The summed E-state index contributed by atoms with van der Waals surface area (Å²) >= 11 is 4.69. The van der Waals surface area contributed by atoms with Gasteiger partial charge in [-0.05, 0) is 19.1 Å². The summed E-state index contributed by atoms with van der Waals surface area (Å²) in [6.07, 6.45) is 0.111. The van der Waals surface area contributed by atoms with Crippen molar-refractivity contribution in [3.05, 3.63) is 29.8 Å². The summed E-state index contributed by atoms with van der Waals surface area (Å²) in [7, 11) is 1.71. The van der Waals surface area contributed by atoms with Crippen LogP contribution in [0.1, 0.15) is 12.0 Å². The van der Waals surface area contributed by atoms with E-state index in [-0.39, 0.29) is 17.3 Å². The normalized spacial score (nSPS) is 9.73. The fraction of sp³-hybridized carbons (Fsp3) is 0.273. The smallest absolute Gasteiger partial charge is 0.233 e. The predicted octanol–water partition coefficient (Wildman–Crippen LogP) is 1.63. The third-order valence-electron chi connectivity index (χ3n) is 2.12. The van der Waals surface area contributed by atoms with E-state index in [1.807, 2.05) is 31.2 Å². The van der Waals surface area contributed by atoms with Crippen LogP contribution in [-0.2, 0) is 4.79 Å². The van der Waals surface area contributed by atoms with E-state index in [9.17, 15) is 4.79 Å². The fourth-order valence-electron chi connectivity index (χ4n) is 1.18. The predicted molar refractivity (Wildman–Crippen MR) is 66.0 cm³/mol. The number of aryl methyl sites for hydroxylation is 1. The molecule has 0 fully saturated rings. The molecule has 2 N–H and O–H groups in total. The van der Waals surface area contributed by atoms with Gasteiger partial charge in [0.2, 0.25) is 5.91 Å². The number of benzene rings is 1. The molecule has 0 aliphatic heterocycles. The first-order chi connectivity index (χ1) is 7.00. The topological polar surface area (TPSA) is 46.3 Å². The second-order valence-corrected chi connectivity index (χ2v) is 3.96. The standard InChI is InChI=1S/C11H14N2OS/c1-8-3-5-9(6-4-8)13(2)11(14)7-10(12)15/h3-6H,7H2,1-2H3,(H2,12,15). The van der Waals surface area contributed by atoms with Crippen molar-refractivity contribution in [3.8, 4) is 0 Å². The molecule has 15 heavy (non-hydrogen) atoms. The molecule has 0 aliphatic carbocycles. The average molecular weight is 222 g/mol. The molecule has 1 aromatic rings. The number of nitrogens with zero attached hydrogens (tertiary/aromatic N) is 1. The van der Waals surface area contributed by atoms with E-state index in [4.69, 9.17) is 18.0 Å². The molecule has 1 aromatic carbocycles. The number of anilines is 1. The van der Waals surface area contributed by atoms with Crippen LogP contribution in [0, 0.1) is 6.92 Å². The van der Waals surface area contributed by atoms with Crippen molar-refractivity contribution in [3.63, 3.8) is 0 Å². The maximum atomic E-state index is 11.6. The van der Waals surface area contributed by atoms with Crippen molar-refractivity contribution < 1.29 is 4.79 Å². The van der Waals surface area contributed by atoms with Crippen LogP contribution in [0.15, 0.2) is 24.3 Å². The Hall–Kier alpha value is -1.42. The zero-order chi connectivity index (χ0) is 11.4. The first-order valence-corrected chi connectivity index (χ1v) is 5.03. The van der Waals surface area contributed by atoms with Gasteiger partial charge < -0.3 is 10.6 Å². The number of hydrogen-bond acceptors (Lipinski definition) is 2. The Morgan fingerprint density at radius 1 is 1.40 bits per heavy atom. The van der Waals surface area contributed by atoms with Crippen molar-refractivity contribution in [1.29, 1.82) is 0 Å². The molecule has 1 rings (SSSR count). The summed E-state index contributed by atoms with van der Waals surface area (Å²) in [4.78, 5) is 13.4. The lowest BCUT2D eigenvalue weighted by Gasteiger charge is -2.17. The minimum atomic E-state index is -0.0913. The highest BCUT2D eigenvalue weighted by molar-refractivity contribution is 7.80. The molecule has 0 bridgehead atoms. The fourth-order valence-corrected chi connectivity index (χ4v) is 1.30. The Balaban J connectivity index is 2.76. The van der Waals surface area contributed by atoms with Crippen LogP contribution in [-0.4, -0.2) is 17.9 Å². The highest BCUT2D eigenvalue weighted by Gasteiger charge is 2.11. The second kappa shape index (κ2) is 4.89. The molecule has 4 heteroatoms. The van der Waals surface area contributed by atoms with Crippen LogP contribution >= 0.6 is 12.2 Å². The van der Waals surface area contributed by atoms with Gasteiger partial charge in [-0.15, -0.1) is 0 Å². The zero-order valence-electron chi connectivity index (χ0n) is 8.86. The lowest BCUT2D eigenvalue weighted by molar-refractivity contribution is -0.117. The van der Waals surface area contributed by atoms with Crippen LogP contribution in [0.3, 0.4) is 0 Å². The van der Waals surface area contributed by atoms with E-state index in [0.29, 0.717) is 0 Å². The zero-order valence-corrected chi connectivity index (χ0v) is 9.67. The van der Waals surface area contributed by atoms with Crippen molar-refractivity contribution in [2.24, 2.45) is 5.73 Å². The van der Waals surface area contributed by atoms with Crippen molar-refractivity contribution in [2.75, 3.05) is 11.9 Å². The highest BCUT2D eigenvalue weighted by Crippen LogP contribution is 2.14. The molecule has 0 spiro atoms. The van der Waals surface area contributed by atoms with Gasteiger partial charge in [0.1, 0.15) is 0 Å². The van der Waals surface area contributed by atoms with Crippen molar-refractivity contribution in [2.45, 2.75) is 13.3 Å². The van der Waals surface area contributed by atoms with E-state index in [1.54, 1.807) is 11.9 Å². The number of rotatable bonds is 3. The lowest BCUT2D eigenvalue weighted by atomic mass is 10.2. The first kappa shape index (κ1) is 11.7. The lowest BCUT2D eigenvalue weighted by Crippen LogP contribution is -2.29. The molecule has 0 atom stereocenters.